The summed E-state index contributed by atoms with van der Waals surface area (Å²) in [6.07, 6.45) is 6.81. The van der Waals surface area contributed by atoms with E-state index in [-0.39, 0.29) is 0 Å². The van der Waals surface area contributed by atoms with Gasteiger partial charge in [0, 0.05) is 23.6 Å². The summed E-state index contributed by atoms with van der Waals surface area (Å²) in [5.74, 6) is -0.920. The highest BCUT2D eigenvalue weighted by Crippen LogP contribution is 2.27. The van der Waals surface area contributed by atoms with Crippen LogP contribution in [0.1, 0.15) is 18.4 Å². The Hall–Kier alpha value is -2.73. The summed E-state index contributed by atoms with van der Waals surface area (Å²) in [6, 6.07) is 8.20. The number of nitrogens with zero attached hydrogens (tertiary/aromatic N) is 3. The van der Waals surface area contributed by atoms with E-state index in [0.29, 0.717) is 11.1 Å². The second-order valence-corrected chi connectivity index (χ2v) is 6.65. The van der Waals surface area contributed by atoms with Crippen molar-refractivity contribution in [3.63, 3.8) is 0 Å². The summed E-state index contributed by atoms with van der Waals surface area (Å²) >= 11 is 1.50. The van der Waals surface area contributed by atoms with Crippen LogP contribution in [0.15, 0.2) is 58.0 Å². The van der Waals surface area contributed by atoms with Crippen molar-refractivity contribution in [2.75, 3.05) is 12.1 Å². The van der Waals surface area contributed by atoms with Crippen molar-refractivity contribution in [1.82, 2.24) is 4.98 Å². The number of carboxylic acids is 1. The first-order valence-corrected chi connectivity index (χ1v) is 8.87. The van der Waals surface area contributed by atoms with E-state index in [2.05, 4.69) is 29.1 Å². The molecule has 1 heterocycles. The van der Waals surface area contributed by atoms with Gasteiger partial charge in [-0.05, 0) is 25.8 Å². The summed E-state index contributed by atoms with van der Waals surface area (Å²) in [5.41, 5.74) is 4.12. The number of benzene rings is 1. The van der Waals surface area contributed by atoms with Crippen LogP contribution in [0.5, 0.6) is 0 Å². The lowest BCUT2D eigenvalue weighted by Gasteiger charge is -2.11. The van der Waals surface area contributed by atoms with E-state index < -0.39 is 5.97 Å². The third kappa shape index (κ3) is 4.03. The summed E-state index contributed by atoms with van der Waals surface area (Å²) in [7, 11) is 1.81. The fraction of sp³-hybridized carbons (Fsp3) is 0.211. The summed E-state index contributed by atoms with van der Waals surface area (Å²) in [6.45, 7) is 2.05. The first-order chi connectivity index (χ1) is 12.0. The van der Waals surface area contributed by atoms with Crippen LogP contribution in [-0.4, -0.2) is 29.3 Å². The maximum atomic E-state index is 11.3. The molecule has 0 spiro atoms. The number of thiazole rings is 1. The quantitative estimate of drug-likeness (QED) is 0.644. The van der Waals surface area contributed by atoms with Crippen LogP contribution in [0.2, 0.25) is 0 Å². The highest BCUT2D eigenvalue weighted by Gasteiger charge is 2.14. The zero-order valence-electron chi connectivity index (χ0n) is 14.1. The first-order valence-electron chi connectivity index (χ1n) is 7.99. The van der Waals surface area contributed by atoms with Gasteiger partial charge in [-0.3, -0.25) is 0 Å². The molecule has 0 amide bonds. The molecule has 1 N–H and O–H groups in total. The van der Waals surface area contributed by atoms with Crippen molar-refractivity contribution in [3.8, 4) is 11.3 Å². The molecule has 128 valence electrons. The number of carboxylic acid groups (broad SMARTS) is 1. The fourth-order valence-electron chi connectivity index (χ4n) is 2.58. The average molecular weight is 353 g/mol. The van der Waals surface area contributed by atoms with Gasteiger partial charge in [0.15, 0.2) is 0 Å². The number of hydrazone groups is 1. The molecule has 0 atom stereocenters. The van der Waals surface area contributed by atoms with Crippen molar-refractivity contribution >= 4 is 28.7 Å². The number of carbonyl (C=O) groups is 1. The van der Waals surface area contributed by atoms with Crippen molar-refractivity contribution in [3.05, 3.63) is 58.5 Å². The molecule has 5 nitrogen and oxygen atoms in total. The first kappa shape index (κ1) is 17.1. The number of aromatic nitrogens is 1. The van der Waals surface area contributed by atoms with Crippen LogP contribution in [0, 0.1) is 6.92 Å². The Morgan fingerprint density at radius 2 is 2.16 bits per heavy atom. The molecule has 0 radical (unpaired) electrons. The van der Waals surface area contributed by atoms with E-state index in [4.69, 9.17) is 0 Å². The highest BCUT2D eigenvalue weighted by atomic mass is 32.1. The standard InChI is InChI=1S/C19H19N3O2S/c1-13-6-5-8-14(10-13)17-12-25-19(21-17)22(2)20-11-15-7-3-4-9-16(15)18(23)24/h5-12H,3-4H2,1-2H3,(H,23,24)/b20-11+. The molecule has 1 aliphatic carbocycles. The number of hydrogen-bond acceptors (Lipinski definition) is 5. The Morgan fingerprint density at radius 3 is 2.92 bits per heavy atom. The van der Waals surface area contributed by atoms with Crippen molar-refractivity contribution in [1.29, 1.82) is 0 Å². The Labute approximate surface area is 150 Å². The van der Waals surface area contributed by atoms with Crippen LogP contribution in [-0.2, 0) is 4.79 Å². The molecule has 3 rings (SSSR count). The van der Waals surface area contributed by atoms with Crippen LogP contribution >= 0.6 is 11.3 Å². The summed E-state index contributed by atoms with van der Waals surface area (Å²) in [4.78, 5) is 15.9. The second kappa shape index (κ2) is 7.44. The molecule has 0 fully saturated rings. The van der Waals surface area contributed by atoms with Crippen molar-refractivity contribution in [2.45, 2.75) is 19.8 Å². The lowest BCUT2D eigenvalue weighted by atomic mass is 9.99. The molecule has 0 saturated heterocycles. The van der Waals surface area contributed by atoms with E-state index in [1.807, 2.05) is 30.6 Å². The summed E-state index contributed by atoms with van der Waals surface area (Å²) < 4.78 is 0. The van der Waals surface area contributed by atoms with Gasteiger partial charge >= 0.3 is 5.97 Å². The number of hydrogen-bond donors (Lipinski definition) is 1. The number of aliphatic carboxylic acids is 1. The van der Waals surface area contributed by atoms with Gasteiger partial charge in [-0.25, -0.2) is 14.8 Å². The van der Waals surface area contributed by atoms with Gasteiger partial charge in [0.1, 0.15) is 0 Å². The van der Waals surface area contributed by atoms with Crippen LogP contribution in [0.3, 0.4) is 0 Å². The topological polar surface area (TPSA) is 65.8 Å². The molecule has 1 aromatic carbocycles. The van der Waals surface area contributed by atoms with E-state index in [9.17, 15) is 9.90 Å². The maximum absolute atomic E-state index is 11.3. The third-order valence-electron chi connectivity index (χ3n) is 3.87. The van der Waals surface area contributed by atoms with Crippen LogP contribution in [0.25, 0.3) is 11.3 Å². The monoisotopic (exact) mass is 353 g/mol. The van der Waals surface area contributed by atoms with Crippen molar-refractivity contribution < 1.29 is 9.90 Å². The predicted octanol–water partition coefficient (Wildman–Crippen LogP) is 4.27. The smallest absolute Gasteiger partial charge is 0.336 e. The molecule has 6 heteroatoms. The average Bonchev–Trinajstić information content (AvgIpc) is 3.10. The largest absolute Gasteiger partial charge is 0.478 e. The van der Waals surface area contributed by atoms with Crippen LogP contribution < -0.4 is 5.01 Å². The number of anilines is 1. The minimum absolute atomic E-state index is 0.308. The lowest BCUT2D eigenvalue weighted by molar-refractivity contribution is -0.132. The summed E-state index contributed by atoms with van der Waals surface area (Å²) in [5, 5.41) is 18.0. The second-order valence-electron chi connectivity index (χ2n) is 5.81. The van der Waals surface area contributed by atoms with Gasteiger partial charge in [0.05, 0.1) is 17.5 Å². The molecule has 2 aromatic rings. The van der Waals surface area contributed by atoms with Crippen LogP contribution in [0.4, 0.5) is 5.13 Å². The molecule has 0 unspecified atom stereocenters. The Kier molecular flexibility index (Phi) is 5.09. The lowest BCUT2D eigenvalue weighted by Crippen LogP contribution is -2.12. The fourth-order valence-corrected chi connectivity index (χ4v) is 3.33. The molecule has 1 aromatic heterocycles. The van der Waals surface area contributed by atoms with Gasteiger partial charge in [0.2, 0.25) is 5.13 Å². The minimum atomic E-state index is -0.920. The molecule has 1 aliphatic rings. The normalized spacial score (nSPS) is 14.3. The van der Waals surface area contributed by atoms with E-state index in [1.54, 1.807) is 17.3 Å². The highest BCUT2D eigenvalue weighted by molar-refractivity contribution is 7.14. The Bertz CT molecular complexity index is 880. The molecule has 0 aliphatic heterocycles. The van der Waals surface area contributed by atoms with E-state index in [0.717, 1.165) is 29.2 Å². The minimum Gasteiger partial charge on any atom is -0.478 e. The zero-order valence-corrected chi connectivity index (χ0v) is 15.0. The number of aryl methyl sites for hydroxylation is 1. The molecular formula is C19H19N3O2S. The number of allylic oxidation sites excluding steroid dienone is 2. The molecule has 0 saturated carbocycles. The van der Waals surface area contributed by atoms with Gasteiger partial charge in [0.25, 0.3) is 0 Å². The SMILES string of the molecule is Cc1cccc(-c2csc(N(C)/N=C/C3=CCCC=C3C(=O)O)n2)c1. The van der Waals surface area contributed by atoms with E-state index in [1.165, 1.54) is 16.9 Å². The Balaban J connectivity index is 1.76. The third-order valence-corrected chi connectivity index (χ3v) is 4.78. The van der Waals surface area contributed by atoms with Gasteiger partial charge in [-0.1, -0.05) is 35.9 Å². The van der Waals surface area contributed by atoms with Gasteiger partial charge < -0.3 is 5.11 Å². The molecule has 25 heavy (non-hydrogen) atoms. The predicted molar refractivity (Wildman–Crippen MR) is 102 cm³/mol. The number of rotatable bonds is 5. The van der Waals surface area contributed by atoms with Gasteiger partial charge in [-0.2, -0.15) is 5.10 Å². The van der Waals surface area contributed by atoms with E-state index >= 15 is 0 Å². The Morgan fingerprint density at radius 1 is 1.36 bits per heavy atom. The molecule has 0 bridgehead atoms. The zero-order chi connectivity index (χ0) is 17.8. The molecular weight excluding hydrogens is 334 g/mol. The maximum Gasteiger partial charge on any atom is 0.336 e. The van der Waals surface area contributed by atoms with Crippen molar-refractivity contribution in [2.24, 2.45) is 5.10 Å². The van der Waals surface area contributed by atoms with Gasteiger partial charge in [-0.15, -0.1) is 11.3 Å².